The first-order chi connectivity index (χ1) is 8.54. The van der Waals surface area contributed by atoms with Crippen molar-refractivity contribution in [3.63, 3.8) is 0 Å². The van der Waals surface area contributed by atoms with E-state index in [4.69, 9.17) is 0 Å². The lowest BCUT2D eigenvalue weighted by molar-refractivity contribution is -0.119. The maximum atomic E-state index is 12.0. The Morgan fingerprint density at radius 2 is 2.39 bits per heavy atom. The van der Waals surface area contributed by atoms with E-state index in [9.17, 15) is 4.79 Å². The number of aromatic nitrogens is 1. The third kappa shape index (κ3) is 3.62. The van der Waals surface area contributed by atoms with Crippen LogP contribution >= 0.6 is 11.3 Å². The highest BCUT2D eigenvalue weighted by atomic mass is 32.1. The number of nitrogens with zero attached hydrogens (tertiary/aromatic N) is 2. The molecule has 0 aromatic carbocycles. The second kappa shape index (κ2) is 5.93. The molecule has 18 heavy (non-hydrogen) atoms. The van der Waals surface area contributed by atoms with Crippen LogP contribution in [0.1, 0.15) is 36.6 Å². The summed E-state index contributed by atoms with van der Waals surface area (Å²) in [6, 6.07) is 0.603. The molecular formula is C14H22N2OS. The molecule has 0 saturated carbocycles. The lowest BCUT2D eigenvalue weighted by Gasteiger charge is -2.19. The average Bonchev–Trinajstić information content (AvgIpc) is 2.88. The molecule has 0 bridgehead atoms. The molecule has 2 heterocycles. The van der Waals surface area contributed by atoms with Gasteiger partial charge in [-0.05, 0) is 39.7 Å². The van der Waals surface area contributed by atoms with E-state index in [2.05, 4.69) is 23.7 Å². The number of aryl methyl sites for hydroxylation is 1. The third-order valence-corrected chi connectivity index (χ3v) is 4.49. The van der Waals surface area contributed by atoms with Crippen molar-refractivity contribution in [3.8, 4) is 0 Å². The topological polar surface area (TPSA) is 33.2 Å². The molecule has 3 nitrogen and oxygen atoms in total. The summed E-state index contributed by atoms with van der Waals surface area (Å²) in [5, 5.41) is 0.969. The van der Waals surface area contributed by atoms with Crippen molar-refractivity contribution in [1.29, 1.82) is 0 Å². The fraction of sp³-hybridized carbons (Fsp3) is 0.714. The smallest absolute Gasteiger partial charge is 0.140 e. The number of hydrogen-bond donors (Lipinski definition) is 0. The van der Waals surface area contributed by atoms with E-state index < -0.39 is 0 Å². The van der Waals surface area contributed by atoms with Gasteiger partial charge in [-0.15, -0.1) is 11.3 Å². The van der Waals surface area contributed by atoms with E-state index >= 15 is 0 Å². The van der Waals surface area contributed by atoms with Gasteiger partial charge in [0.1, 0.15) is 10.8 Å². The van der Waals surface area contributed by atoms with Crippen LogP contribution in [0.15, 0.2) is 6.20 Å². The molecule has 100 valence electrons. The van der Waals surface area contributed by atoms with Gasteiger partial charge in [0.2, 0.25) is 0 Å². The Labute approximate surface area is 113 Å². The number of ketones is 1. The van der Waals surface area contributed by atoms with Gasteiger partial charge in [0, 0.05) is 30.1 Å². The van der Waals surface area contributed by atoms with Crippen LogP contribution in [0.4, 0.5) is 0 Å². The summed E-state index contributed by atoms with van der Waals surface area (Å²) in [5.41, 5.74) is 0. The van der Waals surface area contributed by atoms with Crippen LogP contribution in [-0.4, -0.2) is 34.8 Å². The summed E-state index contributed by atoms with van der Waals surface area (Å²) in [6.07, 6.45) is 4.27. The van der Waals surface area contributed by atoms with Crippen LogP contribution < -0.4 is 0 Å². The number of likely N-dealkylation sites (tertiary alicyclic amines) is 1. The van der Waals surface area contributed by atoms with Crippen molar-refractivity contribution in [2.24, 2.45) is 5.92 Å². The Balaban J connectivity index is 1.78. The van der Waals surface area contributed by atoms with E-state index in [0.717, 1.165) is 24.5 Å². The molecule has 2 rings (SSSR count). The minimum absolute atomic E-state index is 0.347. The molecular weight excluding hydrogens is 244 g/mol. The molecule has 1 aliphatic rings. The van der Waals surface area contributed by atoms with Gasteiger partial charge < -0.3 is 4.90 Å². The Bertz CT molecular complexity index is 414. The summed E-state index contributed by atoms with van der Waals surface area (Å²) < 4.78 is 0. The van der Waals surface area contributed by atoms with Crippen molar-refractivity contribution in [2.75, 3.05) is 13.1 Å². The fourth-order valence-corrected chi connectivity index (χ4v) is 3.36. The molecule has 0 unspecified atom stereocenters. The summed E-state index contributed by atoms with van der Waals surface area (Å²) >= 11 is 1.64. The molecule has 1 fully saturated rings. The van der Waals surface area contributed by atoms with E-state index in [1.54, 1.807) is 11.3 Å². The largest absolute Gasteiger partial charge is 0.301 e. The van der Waals surface area contributed by atoms with Crippen LogP contribution in [-0.2, 0) is 11.2 Å². The molecule has 0 radical (unpaired) electrons. The van der Waals surface area contributed by atoms with Gasteiger partial charge in [-0.3, -0.25) is 4.79 Å². The van der Waals surface area contributed by atoms with Crippen LogP contribution in [0.5, 0.6) is 0 Å². The van der Waals surface area contributed by atoms with Gasteiger partial charge in [0.15, 0.2) is 0 Å². The highest BCUT2D eigenvalue weighted by Gasteiger charge is 2.26. The van der Waals surface area contributed by atoms with Crippen LogP contribution in [0, 0.1) is 12.8 Å². The minimum Gasteiger partial charge on any atom is -0.301 e. The van der Waals surface area contributed by atoms with Crippen LogP contribution in [0.3, 0.4) is 0 Å². The first-order valence-electron chi connectivity index (χ1n) is 6.71. The zero-order valence-electron chi connectivity index (χ0n) is 11.5. The molecule has 0 amide bonds. The highest BCUT2D eigenvalue weighted by molar-refractivity contribution is 7.11. The van der Waals surface area contributed by atoms with Gasteiger partial charge in [0.25, 0.3) is 0 Å². The van der Waals surface area contributed by atoms with Gasteiger partial charge in [-0.25, -0.2) is 4.98 Å². The molecule has 1 aromatic rings. The minimum atomic E-state index is 0.347. The van der Waals surface area contributed by atoms with Gasteiger partial charge in [0.05, 0.1) is 6.42 Å². The fourth-order valence-electron chi connectivity index (χ4n) is 2.54. The van der Waals surface area contributed by atoms with E-state index in [1.807, 2.05) is 13.1 Å². The molecule has 1 saturated heterocycles. The molecule has 0 aliphatic carbocycles. The first kappa shape index (κ1) is 13.7. The summed E-state index contributed by atoms with van der Waals surface area (Å²) in [5.74, 6) is 0.904. The predicted molar refractivity (Wildman–Crippen MR) is 75.0 cm³/mol. The zero-order valence-corrected chi connectivity index (χ0v) is 12.3. The maximum Gasteiger partial charge on any atom is 0.140 e. The lowest BCUT2D eigenvalue weighted by Crippen LogP contribution is -2.28. The first-order valence-corrected chi connectivity index (χ1v) is 7.53. The number of thiazole rings is 1. The van der Waals surface area contributed by atoms with Crippen molar-refractivity contribution < 1.29 is 4.79 Å². The molecule has 1 aliphatic heterocycles. The second-order valence-corrected chi connectivity index (χ2v) is 6.85. The highest BCUT2D eigenvalue weighted by Crippen LogP contribution is 2.22. The summed E-state index contributed by atoms with van der Waals surface area (Å²) in [6.45, 7) is 8.71. The molecule has 4 heteroatoms. The predicted octanol–water partition coefficient (Wildman–Crippen LogP) is 2.68. The van der Waals surface area contributed by atoms with E-state index in [0.29, 0.717) is 24.2 Å². The number of hydrogen-bond acceptors (Lipinski definition) is 4. The third-order valence-electron chi connectivity index (χ3n) is 3.58. The standard InChI is InChI=1S/C14H22N2OS/c1-10(2)16-5-4-12(9-16)6-13(17)7-14-15-8-11(3)18-14/h8,10,12H,4-7,9H2,1-3H3/t12-/m0/s1. The Morgan fingerprint density at radius 3 is 2.94 bits per heavy atom. The summed E-state index contributed by atoms with van der Waals surface area (Å²) in [4.78, 5) is 19.9. The van der Waals surface area contributed by atoms with Crippen LogP contribution in [0.2, 0.25) is 0 Å². The van der Waals surface area contributed by atoms with Gasteiger partial charge in [-0.2, -0.15) is 0 Å². The van der Waals surface area contributed by atoms with Crippen molar-refractivity contribution in [1.82, 2.24) is 9.88 Å². The molecule has 0 spiro atoms. The number of Topliss-reactive ketones (excluding diaryl/α,β-unsaturated/α-hetero) is 1. The number of carbonyl (C=O) groups excluding carboxylic acids is 1. The Hall–Kier alpha value is -0.740. The maximum absolute atomic E-state index is 12.0. The second-order valence-electron chi connectivity index (χ2n) is 5.53. The summed E-state index contributed by atoms with van der Waals surface area (Å²) in [7, 11) is 0. The molecule has 0 N–H and O–H groups in total. The molecule has 1 aromatic heterocycles. The molecule has 1 atom stereocenters. The number of rotatable bonds is 5. The SMILES string of the molecule is Cc1cnc(CC(=O)C[C@@H]2CCN(C(C)C)C2)s1. The lowest BCUT2D eigenvalue weighted by atomic mass is 10.0. The van der Waals surface area contributed by atoms with Crippen molar-refractivity contribution in [3.05, 3.63) is 16.1 Å². The normalized spacial score (nSPS) is 20.8. The number of carbonyl (C=O) groups is 1. The zero-order chi connectivity index (χ0) is 13.1. The van der Waals surface area contributed by atoms with Crippen LogP contribution in [0.25, 0.3) is 0 Å². The quantitative estimate of drug-likeness (QED) is 0.821. The Kier molecular flexibility index (Phi) is 4.51. The van der Waals surface area contributed by atoms with E-state index in [-0.39, 0.29) is 0 Å². The average molecular weight is 266 g/mol. The van der Waals surface area contributed by atoms with Crippen molar-refractivity contribution in [2.45, 2.75) is 46.1 Å². The van der Waals surface area contributed by atoms with E-state index in [1.165, 1.54) is 11.3 Å². The monoisotopic (exact) mass is 266 g/mol. The van der Waals surface area contributed by atoms with Gasteiger partial charge >= 0.3 is 0 Å². The Morgan fingerprint density at radius 1 is 1.61 bits per heavy atom. The van der Waals surface area contributed by atoms with Crippen molar-refractivity contribution >= 4 is 17.1 Å². The van der Waals surface area contributed by atoms with Gasteiger partial charge in [-0.1, -0.05) is 0 Å².